The number of carbonyl (C=O) groups excluding carboxylic acids is 2. The Hall–Kier alpha value is -1.60. The molecule has 1 N–H and O–H groups in total. The van der Waals surface area contributed by atoms with Crippen LogP contribution < -0.4 is 9.62 Å². The molecule has 0 radical (unpaired) electrons. The number of hydrogen-bond acceptors (Lipinski definition) is 4. The number of rotatable bonds is 3. The van der Waals surface area contributed by atoms with E-state index in [9.17, 15) is 18.0 Å². The molecule has 0 spiro atoms. The van der Waals surface area contributed by atoms with Crippen molar-refractivity contribution in [3.05, 3.63) is 28.8 Å². The highest BCUT2D eigenvalue weighted by Gasteiger charge is 2.42. The molecule has 1 saturated carbocycles. The third-order valence-corrected chi connectivity index (χ3v) is 6.66. The van der Waals surface area contributed by atoms with Gasteiger partial charge in [0.15, 0.2) is 0 Å². The van der Waals surface area contributed by atoms with Gasteiger partial charge in [-0.3, -0.25) is 9.59 Å². The standard InChI is InChI=1S/C16H19ClN2O4S/c1-10-9-24(22,23)19(16(10)21)12-6-7-13(14(17)8-12)15(20)18-11-4-2-3-5-11/h6-8,10-11H,2-5,9H2,1H3,(H,18,20)/t10-/m0/s1. The minimum atomic E-state index is -3.68. The zero-order valence-electron chi connectivity index (χ0n) is 13.3. The fraction of sp³-hybridized carbons (Fsp3) is 0.500. The molecule has 2 amide bonds. The van der Waals surface area contributed by atoms with Crippen molar-refractivity contribution >= 4 is 39.1 Å². The van der Waals surface area contributed by atoms with Gasteiger partial charge in [-0.25, -0.2) is 12.7 Å². The Morgan fingerprint density at radius 1 is 1.29 bits per heavy atom. The van der Waals surface area contributed by atoms with Crippen LogP contribution in [0.4, 0.5) is 5.69 Å². The van der Waals surface area contributed by atoms with E-state index in [1.54, 1.807) is 6.92 Å². The van der Waals surface area contributed by atoms with Crippen LogP contribution in [0.15, 0.2) is 18.2 Å². The summed E-state index contributed by atoms with van der Waals surface area (Å²) in [6.07, 6.45) is 4.12. The quantitative estimate of drug-likeness (QED) is 0.885. The molecule has 1 aliphatic heterocycles. The Labute approximate surface area is 146 Å². The summed E-state index contributed by atoms with van der Waals surface area (Å²) in [6, 6.07) is 4.43. The van der Waals surface area contributed by atoms with Gasteiger partial charge in [0, 0.05) is 6.04 Å². The van der Waals surface area contributed by atoms with E-state index < -0.39 is 21.8 Å². The van der Waals surface area contributed by atoms with E-state index in [1.165, 1.54) is 18.2 Å². The molecule has 1 saturated heterocycles. The van der Waals surface area contributed by atoms with Crippen LogP contribution in [0.2, 0.25) is 5.02 Å². The summed E-state index contributed by atoms with van der Waals surface area (Å²) in [5.41, 5.74) is 0.455. The second kappa shape index (κ2) is 6.37. The van der Waals surface area contributed by atoms with E-state index >= 15 is 0 Å². The molecule has 2 aliphatic rings. The summed E-state index contributed by atoms with van der Waals surface area (Å²) in [6.45, 7) is 1.57. The molecule has 0 aromatic heterocycles. The third kappa shape index (κ3) is 3.15. The van der Waals surface area contributed by atoms with Crippen LogP contribution in [0.5, 0.6) is 0 Å². The van der Waals surface area contributed by atoms with Crippen LogP contribution in [-0.4, -0.2) is 32.0 Å². The molecule has 0 unspecified atom stereocenters. The number of sulfonamides is 1. The molecule has 1 aromatic rings. The van der Waals surface area contributed by atoms with Crippen LogP contribution >= 0.6 is 11.6 Å². The molecule has 1 aliphatic carbocycles. The van der Waals surface area contributed by atoms with E-state index in [0.717, 1.165) is 30.0 Å². The SMILES string of the molecule is C[C@H]1CS(=O)(=O)N(c2ccc(C(=O)NC3CCCC3)c(Cl)c2)C1=O. The number of amides is 2. The fourth-order valence-electron chi connectivity index (χ4n) is 3.23. The van der Waals surface area contributed by atoms with Crippen LogP contribution in [0, 0.1) is 5.92 Å². The maximum atomic E-state index is 12.3. The lowest BCUT2D eigenvalue weighted by Gasteiger charge is -2.17. The minimum absolute atomic E-state index is 0.130. The predicted octanol–water partition coefficient (Wildman–Crippen LogP) is 2.32. The molecule has 1 aromatic carbocycles. The predicted molar refractivity (Wildman–Crippen MR) is 91.6 cm³/mol. The average Bonchev–Trinajstić information content (AvgIpc) is 3.05. The molecular formula is C16H19ClN2O4S. The first kappa shape index (κ1) is 17.2. The van der Waals surface area contributed by atoms with Gasteiger partial charge in [-0.1, -0.05) is 31.4 Å². The molecule has 1 atom stereocenters. The summed E-state index contributed by atoms with van der Waals surface area (Å²) in [5.74, 6) is -1.55. The summed E-state index contributed by atoms with van der Waals surface area (Å²) in [7, 11) is -3.68. The first-order valence-corrected chi connectivity index (χ1v) is 9.95. The Bertz CT molecular complexity index is 787. The van der Waals surface area contributed by atoms with Gasteiger partial charge in [0.1, 0.15) is 0 Å². The Kier molecular flexibility index (Phi) is 4.57. The van der Waals surface area contributed by atoms with Crippen molar-refractivity contribution in [2.45, 2.75) is 38.6 Å². The van der Waals surface area contributed by atoms with Gasteiger partial charge in [0.05, 0.1) is 27.9 Å². The average molecular weight is 371 g/mol. The molecule has 24 heavy (non-hydrogen) atoms. The molecule has 3 rings (SSSR count). The number of benzene rings is 1. The monoisotopic (exact) mass is 370 g/mol. The number of hydrogen-bond donors (Lipinski definition) is 1. The molecule has 6 nitrogen and oxygen atoms in total. The van der Waals surface area contributed by atoms with E-state index in [-0.39, 0.29) is 34.0 Å². The highest BCUT2D eigenvalue weighted by molar-refractivity contribution is 7.94. The Balaban J connectivity index is 1.84. The number of carbonyl (C=O) groups is 2. The molecule has 0 bridgehead atoms. The van der Waals surface area contributed by atoms with Crippen LogP contribution in [0.1, 0.15) is 43.0 Å². The molecular weight excluding hydrogens is 352 g/mol. The fourth-order valence-corrected chi connectivity index (χ4v) is 5.31. The second-order valence-electron chi connectivity index (χ2n) is 6.40. The number of nitrogens with one attached hydrogen (secondary N) is 1. The normalized spacial score (nSPS) is 23.7. The smallest absolute Gasteiger partial charge is 0.253 e. The van der Waals surface area contributed by atoms with Gasteiger partial charge in [-0.05, 0) is 31.0 Å². The largest absolute Gasteiger partial charge is 0.349 e. The van der Waals surface area contributed by atoms with Crippen LogP contribution in [0.25, 0.3) is 0 Å². The molecule has 8 heteroatoms. The number of halogens is 1. The molecule has 1 heterocycles. The topological polar surface area (TPSA) is 83.6 Å². The second-order valence-corrected chi connectivity index (χ2v) is 8.67. The van der Waals surface area contributed by atoms with Crippen molar-refractivity contribution in [2.75, 3.05) is 10.1 Å². The van der Waals surface area contributed by atoms with E-state index in [2.05, 4.69) is 5.32 Å². The van der Waals surface area contributed by atoms with Gasteiger partial charge < -0.3 is 5.32 Å². The maximum Gasteiger partial charge on any atom is 0.253 e. The van der Waals surface area contributed by atoms with Gasteiger partial charge >= 0.3 is 0 Å². The van der Waals surface area contributed by atoms with E-state index in [0.29, 0.717) is 0 Å². The zero-order valence-corrected chi connectivity index (χ0v) is 14.9. The van der Waals surface area contributed by atoms with E-state index in [1.807, 2.05) is 0 Å². The van der Waals surface area contributed by atoms with Crippen molar-refractivity contribution in [1.82, 2.24) is 5.32 Å². The maximum absolute atomic E-state index is 12.3. The third-order valence-electron chi connectivity index (χ3n) is 4.48. The lowest BCUT2D eigenvalue weighted by atomic mass is 10.1. The van der Waals surface area contributed by atoms with Crippen molar-refractivity contribution in [3.63, 3.8) is 0 Å². The van der Waals surface area contributed by atoms with Gasteiger partial charge in [-0.15, -0.1) is 0 Å². The summed E-state index contributed by atoms with van der Waals surface area (Å²) < 4.78 is 25.0. The first-order chi connectivity index (χ1) is 11.3. The van der Waals surface area contributed by atoms with E-state index in [4.69, 9.17) is 11.6 Å². The van der Waals surface area contributed by atoms with Crippen molar-refractivity contribution < 1.29 is 18.0 Å². The first-order valence-electron chi connectivity index (χ1n) is 7.97. The number of anilines is 1. The lowest BCUT2D eigenvalue weighted by Crippen LogP contribution is -2.33. The van der Waals surface area contributed by atoms with Crippen molar-refractivity contribution in [2.24, 2.45) is 5.92 Å². The minimum Gasteiger partial charge on any atom is -0.349 e. The van der Waals surface area contributed by atoms with Crippen LogP contribution in [0.3, 0.4) is 0 Å². The highest BCUT2D eigenvalue weighted by atomic mass is 35.5. The van der Waals surface area contributed by atoms with Gasteiger partial charge in [0.25, 0.3) is 5.91 Å². The van der Waals surface area contributed by atoms with Crippen molar-refractivity contribution in [1.29, 1.82) is 0 Å². The van der Waals surface area contributed by atoms with Crippen molar-refractivity contribution in [3.8, 4) is 0 Å². The highest BCUT2D eigenvalue weighted by Crippen LogP contribution is 2.31. The summed E-state index contributed by atoms with van der Waals surface area (Å²) in [5, 5.41) is 3.07. The molecule has 2 fully saturated rings. The lowest BCUT2D eigenvalue weighted by molar-refractivity contribution is -0.119. The van der Waals surface area contributed by atoms with Gasteiger partial charge in [-0.2, -0.15) is 0 Å². The zero-order chi connectivity index (χ0) is 17.5. The molecule has 130 valence electrons. The Morgan fingerprint density at radius 3 is 2.50 bits per heavy atom. The van der Waals surface area contributed by atoms with Crippen LogP contribution in [-0.2, 0) is 14.8 Å². The number of nitrogens with zero attached hydrogens (tertiary/aromatic N) is 1. The summed E-state index contributed by atoms with van der Waals surface area (Å²) >= 11 is 6.17. The Morgan fingerprint density at radius 2 is 1.96 bits per heavy atom. The summed E-state index contributed by atoms with van der Waals surface area (Å²) in [4.78, 5) is 24.4. The van der Waals surface area contributed by atoms with Gasteiger partial charge in [0.2, 0.25) is 15.9 Å².